The number of ether oxygens (including phenoxy) is 2. The first kappa shape index (κ1) is 22.7. The SMILES string of the molecule is O=C(Nc1cc(S(=O)(=O)N2CCOCC2)ccc1Oc1ccccc1)[C@H]1CCS(=O)(=O)C1. The number of nitrogens with one attached hydrogen (secondary N) is 1. The number of hydrogen-bond donors (Lipinski definition) is 1. The van der Waals surface area contributed by atoms with Crippen LogP contribution in [0.3, 0.4) is 0 Å². The van der Waals surface area contributed by atoms with Gasteiger partial charge in [-0.3, -0.25) is 4.79 Å². The highest BCUT2D eigenvalue weighted by Crippen LogP contribution is 2.34. The zero-order chi connectivity index (χ0) is 22.8. The first-order chi connectivity index (χ1) is 15.2. The number of rotatable bonds is 6. The lowest BCUT2D eigenvalue weighted by Gasteiger charge is -2.26. The van der Waals surface area contributed by atoms with Crippen LogP contribution in [-0.4, -0.2) is 64.9 Å². The molecule has 2 aliphatic rings. The van der Waals surface area contributed by atoms with Crippen LogP contribution in [0, 0.1) is 5.92 Å². The van der Waals surface area contributed by atoms with E-state index in [9.17, 15) is 21.6 Å². The molecule has 2 aromatic rings. The van der Waals surface area contributed by atoms with Gasteiger partial charge >= 0.3 is 0 Å². The second kappa shape index (κ2) is 9.18. The van der Waals surface area contributed by atoms with Gasteiger partial charge in [0, 0.05) is 13.1 Å². The summed E-state index contributed by atoms with van der Waals surface area (Å²) < 4.78 is 62.1. The molecular weight excluding hydrogens is 456 g/mol. The maximum atomic E-state index is 13.1. The van der Waals surface area contributed by atoms with Gasteiger partial charge in [0.1, 0.15) is 5.75 Å². The van der Waals surface area contributed by atoms with Crippen molar-refractivity contribution in [1.82, 2.24) is 4.31 Å². The molecule has 2 heterocycles. The minimum absolute atomic E-state index is 0.00848. The van der Waals surface area contributed by atoms with Gasteiger partial charge in [0.05, 0.1) is 41.2 Å². The number of carbonyl (C=O) groups excluding carboxylic acids is 1. The van der Waals surface area contributed by atoms with Gasteiger partial charge in [-0.15, -0.1) is 0 Å². The van der Waals surface area contributed by atoms with E-state index in [2.05, 4.69) is 5.32 Å². The third kappa shape index (κ3) is 5.12. The zero-order valence-electron chi connectivity index (χ0n) is 17.3. The molecule has 0 saturated carbocycles. The molecule has 0 bridgehead atoms. The van der Waals surface area contributed by atoms with E-state index < -0.39 is 31.7 Å². The number of anilines is 1. The molecule has 4 rings (SSSR count). The maximum absolute atomic E-state index is 13.1. The van der Waals surface area contributed by atoms with E-state index in [4.69, 9.17) is 9.47 Å². The molecular formula is C21H24N2O7S2. The Morgan fingerprint density at radius 3 is 2.47 bits per heavy atom. The van der Waals surface area contributed by atoms with Crippen LogP contribution in [0.5, 0.6) is 11.5 Å². The number of amides is 1. The Bertz CT molecular complexity index is 1190. The van der Waals surface area contributed by atoms with E-state index in [1.807, 2.05) is 6.07 Å². The lowest BCUT2D eigenvalue weighted by molar-refractivity contribution is -0.119. The molecule has 1 atom stereocenters. The van der Waals surface area contributed by atoms with Gasteiger partial charge in [0.25, 0.3) is 0 Å². The third-order valence-electron chi connectivity index (χ3n) is 5.39. The van der Waals surface area contributed by atoms with Crippen LogP contribution >= 0.6 is 0 Å². The van der Waals surface area contributed by atoms with Gasteiger partial charge < -0.3 is 14.8 Å². The second-order valence-corrected chi connectivity index (χ2v) is 11.8. The van der Waals surface area contributed by atoms with Crippen LogP contribution in [0.25, 0.3) is 0 Å². The van der Waals surface area contributed by atoms with Crippen molar-refractivity contribution in [3.05, 3.63) is 48.5 Å². The Morgan fingerprint density at radius 2 is 1.81 bits per heavy atom. The molecule has 0 spiro atoms. The lowest BCUT2D eigenvalue weighted by Crippen LogP contribution is -2.40. The van der Waals surface area contributed by atoms with E-state index in [0.29, 0.717) is 19.0 Å². The zero-order valence-corrected chi connectivity index (χ0v) is 18.9. The van der Waals surface area contributed by atoms with E-state index in [1.54, 1.807) is 24.3 Å². The summed E-state index contributed by atoms with van der Waals surface area (Å²) in [5, 5.41) is 2.69. The number of para-hydroxylation sites is 1. The standard InChI is InChI=1S/C21H24N2O7S2/c24-21(16-8-13-31(25,26)15-16)22-19-14-18(32(27,28)23-9-11-29-12-10-23)6-7-20(19)30-17-4-2-1-3-5-17/h1-7,14,16H,8-13,15H2,(H,22,24)/t16-/m0/s1. The summed E-state index contributed by atoms with van der Waals surface area (Å²) in [6.45, 7) is 1.11. The fraction of sp³-hybridized carbons (Fsp3) is 0.381. The molecule has 2 aromatic carbocycles. The van der Waals surface area contributed by atoms with Crippen LogP contribution in [0.2, 0.25) is 0 Å². The van der Waals surface area contributed by atoms with Crippen molar-refractivity contribution in [2.45, 2.75) is 11.3 Å². The number of carbonyl (C=O) groups is 1. The van der Waals surface area contributed by atoms with Gasteiger partial charge in [0.15, 0.2) is 15.6 Å². The maximum Gasteiger partial charge on any atom is 0.243 e. The molecule has 0 unspecified atom stereocenters. The first-order valence-electron chi connectivity index (χ1n) is 10.2. The molecule has 9 nitrogen and oxygen atoms in total. The van der Waals surface area contributed by atoms with Crippen molar-refractivity contribution in [3.63, 3.8) is 0 Å². The van der Waals surface area contributed by atoms with Gasteiger partial charge in [-0.25, -0.2) is 16.8 Å². The van der Waals surface area contributed by atoms with Crippen LogP contribution in [0.15, 0.2) is 53.4 Å². The molecule has 0 aliphatic carbocycles. The van der Waals surface area contributed by atoms with E-state index in [1.165, 1.54) is 22.5 Å². The van der Waals surface area contributed by atoms with E-state index in [0.717, 1.165) is 0 Å². The molecule has 2 fully saturated rings. The number of hydrogen-bond acceptors (Lipinski definition) is 7. The first-order valence-corrected chi connectivity index (χ1v) is 13.5. The average molecular weight is 481 g/mol. The van der Waals surface area contributed by atoms with Gasteiger partial charge in [-0.1, -0.05) is 18.2 Å². The Morgan fingerprint density at radius 1 is 1.09 bits per heavy atom. The molecule has 32 heavy (non-hydrogen) atoms. The Labute approximate surface area is 187 Å². The normalized spacial score (nSPS) is 21.2. The fourth-order valence-electron chi connectivity index (χ4n) is 3.64. The molecule has 2 aliphatic heterocycles. The highest BCUT2D eigenvalue weighted by atomic mass is 32.2. The summed E-state index contributed by atoms with van der Waals surface area (Å²) in [6, 6.07) is 13.1. The molecule has 1 amide bonds. The third-order valence-corrected chi connectivity index (χ3v) is 9.05. The van der Waals surface area contributed by atoms with Crippen molar-refractivity contribution in [1.29, 1.82) is 0 Å². The largest absolute Gasteiger partial charge is 0.455 e. The lowest BCUT2D eigenvalue weighted by atomic mass is 10.1. The summed E-state index contributed by atoms with van der Waals surface area (Å²) in [6.07, 6.45) is 0.231. The molecule has 1 N–H and O–H groups in total. The Balaban J connectivity index is 1.65. The summed E-state index contributed by atoms with van der Waals surface area (Å²) in [5.74, 6) is -0.667. The quantitative estimate of drug-likeness (QED) is 0.670. The van der Waals surface area contributed by atoms with Crippen LogP contribution in [0.4, 0.5) is 5.69 Å². The number of sulfonamides is 1. The summed E-state index contributed by atoms with van der Waals surface area (Å²) in [4.78, 5) is 12.8. The van der Waals surface area contributed by atoms with Crippen LogP contribution in [-0.2, 0) is 29.4 Å². The minimum Gasteiger partial charge on any atom is -0.455 e. The molecule has 0 radical (unpaired) electrons. The van der Waals surface area contributed by atoms with Crippen LogP contribution < -0.4 is 10.1 Å². The van der Waals surface area contributed by atoms with Crippen molar-refractivity contribution in [2.24, 2.45) is 5.92 Å². The Hall–Kier alpha value is -2.47. The summed E-state index contributed by atoms with van der Waals surface area (Å²) in [5.41, 5.74) is 0.164. The van der Waals surface area contributed by atoms with E-state index >= 15 is 0 Å². The predicted octanol–water partition coefficient (Wildman–Crippen LogP) is 1.87. The minimum atomic E-state index is -3.80. The summed E-state index contributed by atoms with van der Waals surface area (Å²) in [7, 11) is -7.04. The predicted molar refractivity (Wildman–Crippen MR) is 118 cm³/mol. The average Bonchev–Trinajstić information content (AvgIpc) is 3.16. The number of nitrogens with zero attached hydrogens (tertiary/aromatic N) is 1. The summed E-state index contributed by atoms with van der Waals surface area (Å²) >= 11 is 0. The van der Waals surface area contributed by atoms with Crippen molar-refractivity contribution >= 4 is 31.5 Å². The van der Waals surface area contributed by atoms with E-state index in [-0.39, 0.29) is 47.3 Å². The highest BCUT2D eigenvalue weighted by Gasteiger charge is 2.34. The fourth-order valence-corrected chi connectivity index (χ4v) is 6.82. The molecule has 0 aromatic heterocycles. The monoisotopic (exact) mass is 480 g/mol. The number of sulfone groups is 1. The van der Waals surface area contributed by atoms with Gasteiger partial charge in [-0.2, -0.15) is 4.31 Å². The van der Waals surface area contributed by atoms with Crippen molar-refractivity contribution in [2.75, 3.05) is 43.1 Å². The van der Waals surface area contributed by atoms with Crippen molar-refractivity contribution < 1.29 is 31.1 Å². The highest BCUT2D eigenvalue weighted by molar-refractivity contribution is 7.91. The second-order valence-electron chi connectivity index (χ2n) is 7.68. The Kier molecular flexibility index (Phi) is 6.52. The van der Waals surface area contributed by atoms with Crippen LogP contribution in [0.1, 0.15) is 6.42 Å². The molecule has 172 valence electrons. The molecule has 11 heteroatoms. The number of morpholine rings is 1. The molecule has 2 saturated heterocycles. The van der Waals surface area contributed by atoms with Crippen molar-refractivity contribution in [3.8, 4) is 11.5 Å². The smallest absolute Gasteiger partial charge is 0.243 e. The van der Waals surface area contributed by atoms with Gasteiger partial charge in [0.2, 0.25) is 15.9 Å². The topological polar surface area (TPSA) is 119 Å². The number of benzene rings is 2. The van der Waals surface area contributed by atoms with Gasteiger partial charge in [-0.05, 0) is 36.8 Å².